The van der Waals surface area contributed by atoms with Gasteiger partial charge in [0.15, 0.2) is 0 Å². The van der Waals surface area contributed by atoms with Crippen molar-refractivity contribution in [1.29, 1.82) is 0 Å². The van der Waals surface area contributed by atoms with Gasteiger partial charge in [0.2, 0.25) is 0 Å². The molecule has 1 aromatic rings. The van der Waals surface area contributed by atoms with E-state index in [0.717, 1.165) is 30.0 Å². The lowest BCUT2D eigenvalue weighted by atomic mass is 10.1. The van der Waals surface area contributed by atoms with E-state index < -0.39 is 0 Å². The van der Waals surface area contributed by atoms with Gasteiger partial charge in [-0.3, -0.25) is 0 Å². The van der Waals surface area contributed by atoms with Crippen LogP contribution in [0.1, 0.15) is 26.7 Å². The van der Waals surface area contributed by atoms with Gasteiger partial charge in [0.05, 0.1) is 19.9 Å². The fourth-order valence-electron chi connectivity index (χ4n) is 1.64. The summed E-state index contributed by atoms with van der Waals surface area (Å²) in [5.74, 6) is 1.70. The predicted octanol–water partition coefficient (Wildman–Crippen LogP) is 3.30. The van der Waals surface area contributed by atoms with Crippen molar-refractivity contribution < 1.29 is 9.47 Å². The zero-order chi connectivity index (χ0) is 12.0. The minimum Gasteiger partial charge on any atom is -0.497 e. The van der Waals surface area contributed by atoms with Crippen molar-refractivity contribution in [3.8, 4) is 11.5 Å². The highest BCUT2D eigenvalue weighted by molar-refractivity contribution is 5.60. The quantitative estimate of drug-likeness (QED) is 0.802. The van der Waals surface area contributed by atoms with Crippen molar-refractivity contribution in [1.82, 2.24) is 0 Å². The van der Waals surface area contributed by atoms with Crippen LogP contribution >= 0.6 is 0 Å². The molecule has 0 amide bonds. The third-order valence-corrected chi connectivity index (χ3v) is 2.75. The molecule has 0 saturated heterocycles. The number of anilines is 1. The standard InChI is InChI=1S/C13H21NO2/c1-5-10(6-2)14-12-9-11(15-3)7-8-13(12)16-4/h7-10,14H,5-6H2,1-4H3. The highest BCUT2D eigenvalue weighted by Gasteiger charge is 2.08. The Kier molecular flexibility index (Phi) is 4.96. The Morgan fingerprint density at radius 3 is 2.31 bits per heavy atom. The molecule has 1 N–H and O–H groups in total. The van der Waals surface area contributed by atoms with E-state index in [2.05, 4.69) is 19.2 Å². The topological polar surface area (TPSA) is 30.5 Å². The van der Waals surface area contributed by atoms with Crippen LogP contribution < -0.4 is 14.8 Å². The summed E-state index contributed by atoms with van der Waals surface area (Å²) in [6.07, 6.45) is 2.19. The molecule has 90 valence electrons. The average molecular weight is 223 g/mol. The van der Waals surface area contributed by atoms with E-state index in [1.54, 1.807) is 14.2 Å². The maximum atomic E-state index is 5.32. The summed E-state index contributed by atoms with van der Waals surface area (Å²) >= 11 is 0. The molecule has 0 heterocycles. The molecule has 0 aliphatic carbocycles. The molecule has 3 nitrogen and oxygen atoms in total. The minimum atomic E-state index is 0.473. The number of hydrogen-bond donors (Lipinski definition) is 1. The molecular formula is C13H21NO2. The molecule has 16 heavy (non-hydrogen) atoms. The van der Waals surface area contributed by atoms with E-state index in [1.807, 2.05) is 18.2 Å². The highest BCUT2D eigenvalue weighted by Crippen LogP contribution is 2.29. The molecular weight excluding hydrogens is 202 g/mol. The van der Waals surface area contributed by atoms with Crippen LogP contribution in [0, 0.1) is 0 Å². The van der Waals surface area contributed by atoms with Crippen molar-refractivity contribution >= 4 is 5.69 Å². The first-order valence-electron chi connectivity index (χ1n) is 5.73. The normalized spacial score (nSPS) is 10.3. The Labute approximate surface area is 97.8 Å². The van der Waals surface area contributed by atoms with Gasteiger partial charge in [0, 0.05) is 12.1 Å². The maximum absolute atomic E-state index is 5.32. The van der Waals surface area contributed by atoms with Crippen LogP contribution in [-0.2, 0) is 0 Å². The molecule has 0 saturated carbocycles. The summed E-state index contributed by atoms with van der Waals surface area (Å²) in [5, 5.41) is 3.47. The zero-order valence-corrected chi connectivity index (χ0v) is 10.5. The number of rotatable bonds is 6. The predicted molar refractivity (Wildman–Crippen MR) is 67.5 cm³/mol. The summed E-state index contributed by atoms with van der Waals surface area (Å²) in [5.41, 5.74) is 0.996. The lowest BCUT2D eigenvalue weighted by molar-refractivity contribution is 0.404. The van der Waals surface area contributed by atoms with E-state index in [0.29, 0.717) is 6.04 Å². The summed E-state index contributed by atoms with van der Waals surface area (Å²) in [4.78, 5) is 0. The second-order valence-electron chi connectivity index (χ2n) is 3.72. The number of hydrogen-bond acceptors (Lipinski definition) is 3. The van der Waals surface area contributed by atoms with Gasteiger partial charge in [0.1, 0.15) is 11.5 Å². The summed E-state index contributed by atoms with van der Waals surface area (Å²) < 4.78 is 10.5. The average Bonchev–Trinajstić information content (AvgIpc) is 2.35. The molecule has 0 spiro atoms. The van der Waals surface area contributed by atoms with Crippen LogP contribution in [-0.4, -0.2) is 20.3 Å². The van der Waals surface area contributed by atoms with Gasteiger partial charge in [-0.15, -0.1) is 0 Å². The van der Waals surface area contributed by atoms with Gasteiger partial charge in [-0.05, 0) is 25.0 Å². The van der Waals surface area contributed by atoms with Gasteiger partial charge < -0.3 is 14.8 Å². The molecule has 0 fully saturated rings. The van der Waals surface area contributed by atoms with Gasteiger partial charge in [-0.2, -0.15) is 0 Å². The van der Waals surface area contributed by atoms with Gasteiger partial charge >= 0.3 is 0 Å². The van der Waals surface area contributed by atoms with Crippen molar-refractivity contribution in [2.45, 2.75) is 32.7 Å². The molecule has 0 aliphatic rings. The number of benzene rings is 1. The first-order valence-corrected chi connectivity index (χ1v) is 5.73. The highest BCUT2D eigenvalue weighted by atomic mass is 16.5. The molecule has 0 bridgehead atoms. The third kappa shape index (κ3) is 3.05. The second kappa shape index (κ2) is 6.26. The zero-order valence-electron chi connectivity index (χ0n) is 10.5. The minimum absolute atomic E-state index is 0.473. The van der Waals surface area contributed by atoms with E-state index in [1.165, 1.54) is 0 Å². The van der Waals surface area contributed by atoms with Crippen LogP contribution in [0.3, 0.4) is 0 Å². The SMILES string of the molecule is CCC(CC)Nc1cc(OC)ccc1OC. The molecule has 1 aromatic carbocycles. The van der Waals surface area contributed by atoms with Crippen LogP contribution in [0.5, 0.6) is 11.5 Å². The van der Waals surface area contributed by atoms with Crippen molar-refractivity contribution in [3.63, 3.8) is 0 Å². The van der Waals surface area contributed by atoms with Crippen molar-refractivity contribution in [2.24, 2.45) is 0 Å². The first kappa shape index (κ1) is 12.7. The molecule has 0 unspecified atom stereocenters. The molecule has 0 aromatic heterocycles. The fourth-order valence-corrected chi connectivity index (χ4v) is 1.64. The molecule has 1 rings (SSSR count). The molecule has 0 radical (unpaired) electrons. The monoisotopic (exact) mass is 223 g/mol. The van der Waals surface area contributed by atoms with E-state index in [4.69, 9.17) is 9.47 Å². The van der Waals surface area contributed by atoms with Crippen LogP contribution in [0.4, 0.5) is 5.69 Å². The van der Waals surface area contributed by atoms with Crippen LogP contribution in [0.2, 0.25) is 0 Å². The lowest BCUT2D eigenvalue weighted by Gasteiger charge is -2.19. The summed E-state index contributed by atoms with van der Waals surface area (Å²) in [6, 6.07) is 6.26. The van der Waals surface area contributed by atoms with Gasteiger partial charge in [-0.25, -0.2) is 0 Å². The largest absolute Gasteiger partial charge is 0.497 e. The van der Waals surface area contributed by atoms with Crippen LogP contribution in [0.25, 0.3) is 0 Å². The van der Waals surface area contributed by atoms with Crippen LogP contribution in [0.15, 0.2) is 18.2 Å². The Balaban J connectivity index is 2.90. The first-order chi connectivity index (χ1) is 7.74. The van der Waals surface area contributed by atoms with Gasteiger partial charge in [-0.1, -0.05) is 13.8 Å². The molecule has 0 atom stereocenters. The van der Waals surface area contributed by atoms with E-state index in [9.17, 15) is 0 Å². The Morgan fingerprint density at radius 2 is 1.81 bits per heavy atom. The number of nitrogens with one attached hydrogen (secondary N) is 1. The van der Waals surface area contributed by atoms with Crippen molar-refractivity contribution in [2.75, 3.05) is 19.5 Å². The molecule has 3 heteroatoms. The number of ether oxygens (including phenoxy) is 2. The maximum Gasteiger partial charge on any atom is 0.142 e. The number of methoxy groups -OCH3 is 2. The summed E-state index contributed by atoms with van der Waals surface area (Å²) in [6.45, 7) is 4.35. The Hall–Kier alpha value is -1.38. The fraction of sp³-hybridized carbons (Fsp3) is 0.538. The van der Waals surface area contributed by atoms with Gasteiger partial charge in [0.25, 0.3) is 0 Å². The van der Waals surface area contributed by atoms with E-state index in [-0.39, 0.29) is 0 Å². The van der Waals surface area contributed by atoms with Crippen molar-refractivity contribution in [3.05, 3.63) is 18.2 Å². The Bertz CT molecular complexity index is 322. The summed E-state index contributed by atoms with van der Waals surface area (Å²) in [7, 11) is 3.35. The second-order valence-corrected chi connectivity index (χ2v) is 3.72. The van der Waals surface area contributed by atoms with E-state index >= 15 is 0 Å². The lowest BCUT2D eigenvalue weighted by Crippen LogP contribution is -2.17. The Morgan fingerprint density at radius 1 is 1.12 bits per heavy atom. The molecule has 0 aliphatic heterocycles. The smallest absolute Gasteiger partial charge is 0.142 e. The third-order valence-electron chi connectivity index (χ3n) is 2.75.